The molecule has 1 aliphatic rings. The number of hydrogen-bond acceptors (Lipinski definition) is 3. The minimum atomic E-state index is 0.263. The molecule has 0 radical (unpaired) electrons. The molecule has 1 saturated heterocycles. The Balaban J connectivity index is 2.31. The molecule has 4 nitrogen and oxygen atoms in total. The third-order valence-corrected chi connectivity index (χ3v) is 3.10. The Hall–Kier alpha value is -0.870. The Morgan fingerprint density at radius 1 is 1.53 bits per heavy atom. The maximum absolute atomic E-state index is 10.8. The normalized spacial score (nSPS) is 18.0. The molecular weight excluding hydrogens is 216 g/mol. The predicted octanol–water partition coefficient (Wildman–Crippen LogP) is 2.01. The van der Waals surface area contributed by atoms with Crippen LogP contribution >= 0.6 is 11.6 Å². The van der Waals surface area contributed by atoms with Gasteiger partial charge in [-0.1, -0.05) is 11.6 Å². The van der Waals surface area contributed by atoms with Gasteiger partial charge in [0.2, 0.25) is 0 Å². The number of aldehydes is 1. The van der Waals surface area contributed by atoms with E-state index in [1.165, 1.54) is 0 Å². The fourth-order valence-corrected chi connectivity index (χ4v) is 2.19. The van der Waals surface area contributed by atoms with Crippen LogP contribution in [0.2, 0.25) is 5.15 Å². The number of nitrogens with zero attached hydrogens (tertiary/aromatic N) is 2. The van der Waals surface area contributed by atoms with Crippen LogP contribution in [0.4, 0.5) is 0 Å². The van der Waals surface area contributed by atoms with Gasteiger partial charge in [-0.3, -0.25) is 4.79 Å². The smallest absolute Gasteiger partial charge is 0.155 e. The second-order valence-electron chi connectivity index (χ2n) is 3.70. The van der Waals surface area contributed by atoms with Crippen molar-refractivity contribution < 1.29 is 9.53 Å². The molecular formula is C10H13ClN2O2. The average Bonchev–Trinajstić information content (AvgIpc) is 2.55. The van der Waals surface area contributed by atoms with Gasteiger partial charge in [0.1, 0.15) is 5.15 Å². The number of ether oxygens (including phenoxy) is 1. The first-order valence-corrected chi connectivity index (χ1v) is 5.39. The van der Waals surface area contributed by atoms with E-state index in [0.717, 1.165) is 32.3 Å². The van der Waals surface area contributed by atoms with Crippen LogP contribution in [0.15, 0.2) is 0 Å². The Morgan fingerprint density at radius 3 is 2.73 bits per heavy atom. The highest BCUT2D eigenvalue weighted by molar-refractivity contribution is 6.32. The first kappa shape index (κ1) is 10.6. The topological polar surface area (TPSA) is 44.1 Å². The Bertz CT molecular complexity index is 370. The number of carbonyl (C=O) groups is 1. The fourth-order valence-electron chi connectivity index (χ4n) is 1.84. The molecule has 0 bridgehead atoms. The number of halogens is 1. The van der Waals surface area contributed by atoms with Crippen LogP contribution < -0.4 is 0 Å². The third-order valence-electron chi connectivity index (χ3n) is 2.73. The summed E-state index contributed by atoms with van der Waals surface area (Å²) in [7, 11) is 0. The van der Waals surface area contributed by atoms with Crippen molar-refractivity contribution in [3.8, 4) is 0 Å². The molecule has 0 aromatic carbocycles. The van der Waals surface area contributed by atoms with Crippen LogP contribution in [0.3, 0.4) is 0 Å². The molecule has 15 heavy (non-hydrogen) atoms. The molecule has 2 heterocycles. The minimum absolute atomic E-state index is 0.263. The Kier molecular flexibility index (Phi) is 3.07. The van der Waals surface area contributed by atoms with E-state index in [1.54, 1.807) is 11.6 Å². The zero-order valence-electron chi connectivity index (χ0n) is 8.57. The van der Waals surface area contributed by atoms with Crippen molar-refractivity contribution in [3.05, 3.63) is 16.4 Å². The van der Waals surface area contributed by atoms with E-state index in [0.29, 0.717) is 16.4 Å². The van der Waals surface area contributed by atoms with Crippen molar-refractivity contribution in [2.75, 3.05) is 13.2 Å². The summed E-state index contributed by atoms with van der Waals surface area (Å²) in [6.07, 6.45) is 2.57. The van der Waals surface area contributed by atoms with E-state index >= 15 is 0 Å². The zero-order valence-corrected chi connectivity index (χ0v) is 9.33. The summed E-state index contributed by atoms with van der Waals surface area (Å²) in [5, 5.41) is 4.76. The van der Waals surface area contributed by atoms with E-state index < -0.39 is 0 Å². The van der Waals surface area contributed by atoms with Crippen molar-refractivity contribution in [3.63, 3.8) is 0 Å². The van der Waals surface area contributed by atoms with Crippen LogP contribution in [-0.2, 0) is 4.74 Å². The van der Waals surface area contributed by atoms with Gasteiger partial charge in [-0.25, -0.2) is 4.68 Å². The van der Waals surface area contributed by atoms with Crippen LogP contribution in [0.5, 0.6) is 0 Å². The van der Waals surface area contributed by atoms with Crippen LogP contribution in [-0.4, -0.2) is 29.3 Å². The van der Waals surface area contributed by atoms with Gasteiger partial charge in [0.05, 0.1) is 17.3 Å². The number of aromatic nitrogens is 2. The third kappa shape index (κ3) is 1.92. The minimum Gasteiger partial charge on any atom is -0.381 e. The molecule has 0 N–H and O–H groups in total. The number of rotatable bonds is 2. The summed E-state index contributed by atoms with van der Waals surface area (Å²) in [4.78, 5) is 10.8. The molecule has 1 aromatic rings. The van der Waals surface area contributed by atoms with Crippen LogP contribution in [0, 0.1) is 6.92 Å². The lowest BCUT2D eigenvalue weighted by Crippen LogP contribution is -2.20. The van der Waals surface area contributed by atoms with Crippen molar-refractivity contribution >= 4 is 17.9 Å². The van der Waals surface area contributed by atoms with E-state index in [2.05, 4.69) is 5.10 Å². The summed E-state index contributed by atoms with van der Waals surface area (Å²) in [6.45, 7) is 3.26. The maximum Gasteiger partial charge on any atom is 0.155 e. The number of hydrogen-bond donors (Lipinski definition) is 0. The Labute approximate surface area is 93.2 Å². The fraction of sp³-hybridized carbons (Fsp3) is 0.600. The molecule has 2 rings (SSSR count). The van der Waals surface area contributed by atoms with Crippen molar-refractivity contribution in [1.29, 1.82) is 0 Å². The molecule has 0 saturated carbocycles. The highest BCUT2D eigenvalue weighted by atomic mass is 35.5. The summed E-state index contributed by atoms with van der Waals surface area (Å²) >= 11 is 6.09. The predicted molar refractivity (Wildman–Crippen MR) is 56.5 cm³/mol. The highest BCUT2D eigenvalue weighted by Crippen LogP contribution is 2.27. The average molecular weight is 229 g/mol. The van der Waals surface area contributed by atoms with E-state index in [1.807, 2.05) is 0 Å². The zero-order chi connectivity index (χ0) is 10.8. The molecule has 1 fully saturated rings. The van der Waals surface area contributed by atoms with Crippen molar-refractivity contribution in [2.45, 2.75) is 25.8 Å². The molecule has 5 heteroatoms. The lowest BCUT2D eigenvalue weighted by molar-refractivity contribution is 0.0662. The quantitative estimate of drug-likeness (QED) is 0.728. The van der Waals surface area contributed by atoms with Crippen molar-refractivity contribution in [2.24, 2.45) is 0 Å². The van der Waals surface area contributed by atoms with Gasteiger partial charge in [-0.15, -0.1) is 0 Å². The molecule has 82 valence electrons. The SMILES string of the molecule is Cc1nn(C2CCOCC2)c(Cl)c1C=O. The van der Waals surface area contributed by atoms with Gasteiger partial charge >= 0.3 is 0 Å². The van der Waals surface area contributed by atoms with E-state index in [-0.39, 0.29) is 6.04 Å². The highest BCUT2D eigenvalue weighted by Gasteiger charge is 2.21. The largest absolute Gasteiger partial charge is 0.381 e. The first-order valence-electron chi connectivity index (χ1n) is 5.01. The molecule has 1 aliphatic heterocycles. The number of aryl methyl sites for hydroxylation is 1. The Morgan fingerprint density at radius 2 is 2.20 bits per heavy atom. The van der Waals surface area contributed by atoms with Crippen LogP contribution in [0.1, 0.15) is 34.9 Å². The standard InChI is InChI=1S/C10H13ClN2O2/c1-7-9(6-14)10(11)13(12-7)8-2-4-15-5-3-8/h6,8H,2-5H2,1H3. The molecule has 0 unspecified atom stereocenters. The monoisotopic (exact) mass is 228 g/mol. The van der Waals surface area contributed by atoms with Gasteiger partial charge in [0.25, 0.3) is 0 Å². The summed E-state index contributed by atoms with van der Waals surface area (Å²) < 4.78 is 7.02. The summed E-state index contributed by atoms with van der Waals surface area (Å²) in [5.74, 6) is 0. The molecule has 1 aromatic heterocycles. The van der Waals surface area contributed by atoms with E-state index in [9.17, 15) is 4.79 Å². The van der Waals surface area contributed by atoms with Crippen LogP contribution in [0.25, 0.3) is 0 Å². The molecule has 0 amide bonds. The molecule has 0 aliphatic carbocycles. The second-order valence-corrected chi connectivity index (χ2v) is 4.05. The molecule has 0 atom stereocenters. The van der Waals surface area contributed by atoms with Gasteiger partial charge in [-0.2, -0.15) is 5.10 Å². The summed E-state index contributed by atoms with van der Waals surface area (Å²) in [6, 6.07) is 0.263. The summed E-state index contributed by atoms with van der Waals surface area (Å²) in [5.41, 5.74) is 1.20. The number of carbonyl (C=O) groups excluding carboxylic acids is 1. The van der Waals surface area contributed by atoms with Gasteiger partial charge in [0, 0.05) is 13.2 Å². The van der Waals surface area contributed by atoms with E-state index in [4.69, 9.17) is 16.3 Å². The van der Waals surface area contributed by atoms with Crippen molar-refractivity contribution in [1.82, 2.24) is 9.78 Å². The van der Waals surface area contributed by atoms with Gasteiger partial charge < -0.3 is 4.74 Å². The first-order chi connectivity index (χ1) is 7.24. The molecule has 0 spiro atoms. The van der Waals surface area contributed by atoms with Gasteiger partial charge in [-0.05, 0) is 19.8 Å². The lowest BCUT2D eigenvalue weighted by atomic mass is 10.1. The van der Waals surface area contributed by atoms with Gasteiger partial charge in [0.15, 0.2) is 6.29 Å². The lowest BCUT2D eigenvalue weighted by Gasteiger charge is -2.22. The maximum atomic E-state index is 10.8. The second kappa shape index (κ2) is 4.33.